The van der Waals surface area contributed by atoms with Crippen LogP contribution in [0.5, 0.6) is 0 Å². The van der Waals surface area contributed by atoms with Gasteiger partial charge in [-0.2, -0.15) is 30.7 Å². The Balaban J connectivity index is 3.43. The molecule has 0 atom stereocenters. The lowest BCUT2D eigenvalue weighted by Crippen LogP contribution is -2.50. The summed E-state index contributed by atoms with van der Waals surface area (Å²) in [5.41, 5.74) is -1.24. The van der Waals surface area contributed by atoms with Gasteiger partial charge in [-0.1, -0.05) is 6.92 Å². The molecule has 1 N–H and O–H groups in total. The monoisotopic (exact) mass is 320 g/mol. The summed E-state index contributed by atoms with van der Waals surface area (Å²) in [6.07, 6.45) is -6.52. The van der Waals surface area contributed by atoms with Crippen LogP contribution in [0.4, 0.5) is 30.7 Å². The summed E-state index contributed by atoms with van der Waals surface area (Å²) in [5, 5.41) is 8.68. The van der Waals surface area contributed by atoms with E-state index in [0.717, 1.165) is 0 Å². The molecule has 1 aromatic heterocycles. The van der Waals surface area contributed by atoms with Crippen molar-refractivity contribution in [3.63, 3.8) is 0 Å². The number of aromatic nitrogens is 2. The van der Waals surface area contributed by atoms with Crippen LogP contribution in [0.1, 0.15) is 28.8 Å². The van der Waals surface area contributed by atoms with Crippen LogP contribution in [-0.4, -0.2) is 33.1 Å². The zero-order valence-corrected chi connectivity index (χ0v) is 10.2. The van der Waals surface area contributed by atoms with Gasteiger partial charge in [-0.3, -0.25) is 0 Å². The molecule has 0 saturated carbocycles. The molecule has 4 nitrogen and oxygen atoms in total. The zero-order chi connectivity index (χ0) is 16.6. The second-order valence-electron chi connectivity index (χ2n) is 3.86. The molecule has 0 aromatic carbocycles. The van der Waals surface area contributed by atoms with E-state index in [2.05, 4.69) is 9.97 Å². The second kappa shape index (κ2) is 5.11. The van der Waals surface area contributed by atoms with Gasteiger partial charge in [-0.15, -0.1) is 0 Å². The van der Waals surface area contributed by atoms with Crippen molar-refractivity contribution in [1.82, 2.24) is 9.97 Å². The Kier molecular flexibility index (Phi) is 4.17. The Hall–Kier alpha value is -1.94. The normalized spacial score (nSPS) is 13.3. The van der Waals surface area contributed by atoms with Gasteiger partial charge in [0, 0.05) is 6.20 Å². The maximum Gasteiger partial charge on any atom is 0.460 e. The van der Waals surface area contributed by atoms with E-state index in [1.54, 1.807) is 0 Å². The Morgan fingerprint density at radius 3 is 2.10 bits per heavy atom. The molecule has 1 aromatic rings. The maximum atomic E-state index is 13.3. The third-order valence-corrected chi connectivity index (χ3v) is 2.46. The predicted octanol–water partition coefficient (Wildman–Crippen LogP) is 3.03. The quantitative estimate of drug-likeness (QED) is 0.866. The second-order valence-corrected chi connectivity index (χ2v) is 3.86. The number of nitrogens with zero attached hydrogens (tertiary/aromatic N) is 2. The van der Waals surface area contributed by atoms with Crippen LogP contribution < -0.4 is 0 Å². The Morgan fingerprint density at radius 2 is 1.71 bits per heavy atom. The summed E-state index contributed by atoms with van der Waals surface area (Å²) in [6.45, 7) is 1.26. The van der Waals surface area contributed by atoms with Crippen molar-refractivity contribution in [2.24, 2.45) is 0 Å². The molecule has 0 unspecified atom stereocenters. The molecule has 1 heterocycles. The number of hydrogen-bond acceptors (Lipinski definition) is 3. The molecular formula is C10H7F7N2O2. The van der Waals surface area contributed by atoms with Crippen molar-refractivity contribution in [2.45, 2.75) is 31.4 Å². The van der Waals surface area contributed by atoms with Gasteiger partial charge in [0.25, 0.3) is 0 Å². The summed E-state index contributed by atoms with van der Waals surface area (Å²) < 4.78 is 88.4. The average Bonchev–Trinajstić information content (AvgIpc) is 2.36. The summed E-state index contributed by atoms with van der Waals surface area (Å²) in [6, 6.07) is 0. The first-order valence-electron chi connectivity index (χ1n) is 5.28. The van der Waals surface area contributed by atoms with Gasteiger partial charge in [-0.25, -0.2) is 14.8 Å². The lowest BCUT2D eigenvalue weighted by Gasteiger charge is -2.27. The highest BCUT2D eigenvalue weighted by Crippen LogP contribution is 2.50. The summed E-state index contributed by atoms with van der Waals surface area (Å²) in [7, 11) is 0. The standard InChI is InChI=1S/C10H7F7N2O2/c1-2-5-4(6(20)21)3-18-7(19-5)8(11,12)9(13,14)10(15,16)17/h3H,2H2,1H3,(H,20,21). The molecule has 0 aliphatic carbocycles. The van der Waals surface area contributed by atoms with Crippen LogP contribution in [0.2, 0.25) is 0 Å². The number of halogens is 7. The van der Waals surface area contributed by atoms with Crippen LogP contribution in [-0.2, 0) is 12.3 Å². The first-order chi connectivity index (χ1) is 9.36. The molecule has 0 bridgehead atoms. The third kappa shape index (κ3) is 2.76. The van der Waals surface area contributed by atoms with Crippen LogP contribution in [0.15, 0.2) is 6.20 Å². The van der Waals surface area contributed by atoms with Crippen molar-refractivity contribution < 1.29 is 40.6 Å². The lowest BCUT2D eigenvalue weighted by molar-refractivity contribution is -0.361. The maximum absolute atomic E-state index is 13.3. The molecule has 118 valence electrons. The van der Waals surface area contributed by atoms with Gasteiger partial charge in [0.2, 0.25) is 5.82 Å². The van der Waals surface area contributed by atoms with Crippen molar-refractivity contribution in [3.05, 3.63) is 23.3 Å². The van der Waals surface area contributed by atoms with Crippen molar-refractivity contribution in [1.29, 1.82) is 0 Å². The van der Waals surface area contributed by atoms with Crippen molar-refractivity contribution >= 4 is 5.97 Å². The van der Waals surface area contributed by atoms with Crippen LogP contribution in [0.3, 0.4) is 0 Å². The van der Waals surface area contributed by atoms with E-state index in [9.17, 15) is 35.5 Å². The number of alkyl halides is 7. The highest BCUT2D eigenvalue weighted by Gasteiger charge is 2.75. The molecule has 1 rings (SSSR count). The molecule has 0 saturated heterocycles. The average molecular weight is 320 g/mol. The predicted molar refractivity (Wildman–Crippen MR) is 53.3 cm³/mol. The molecule has 0 spiro atoms. The first kappa shape index (κ1) is 17.1. The summed E-state index contributed by atoms with van der Waals surface area (Å²) >= 11 is 0. The highest BCUT2D eigenvalue weighted by molar-refractivity contribution is 5.88. The first-order valence-corrected chi connectivity index (χ1v) is 5.28. The molecule has 0 aliphatic heterocycles. The SMILES string of the molecule is CCc1nc(C(F)(F)C(F)(F)C(F)(F)F)ncc1C(=O)O. The van der Waals surface area contributed by atoms with Gasteiger partial charge in [0.05, 0.1) is 11.3 Å². The van der Waals surface area contributed by atoms with Crippen LogP contribution in [0, 0.1) is 0 Å². The van der Waals surface area contributed by atoms with Crippen molar-refractivity contribution in [2.75, 3.05) is 0 Å². The van der Waals surface area contributed by atoms with E-state index < -0.39 is 41.1 Å². The van der Waals surface area contributed by atoms with E-state index in [0.29, 0.717) is 0 Å². The zero-order valence-electron chi connectivity index (χ0n) is 10.2. The minimum absolute atomic E-state index is 0.268. The fraction of sp³-hybridized carbons (Fsp3) is 0.500. The van der Waals surface area contributed by atoms with E-state index in [4.69, 9.17) is 5.11 Å². The third-order valence-electron chi connectivity index (χ3n) is 2.46. The van der Waals surface area contributed by atoms with Gasteiger partial charge >= 0.3 is 24.0 Å². The molecule has 0 radical (unpaired) electrons. The minimum Gasteiger partial charge on any atom is -0.478 e. The van der Waals surface area contributed by atoms with Gasteiger partial charge in [0.1, 0.15) is 0 Å². The number of rotatable bonds is 4. The largest absolute Gasteiger partial charge is 0.478 e. The number of aryl methyl sites for hydroxylation is 1. The number of carboxylic acids is 1. The number of aromatic carboxylic acids is 1. The Bertz CT molecular complexity index is 557. The van der Waals surface area contributed by atoms with Gasteiger partial charge < -0.3 is 5.11 Å². The number of carbonyl (C=O) groups is 1. The number of carboxylic acid groups (broad SMARTS) is 1. The van der Waals surface area contributed by atoms with E-state index >= 15 is 0 Å². The molecule has 0 amide bonds. The number of hydrogen-bond donors (Lipinski definition) is 1. The molecular weight excluding hydrogens is 313 g/mol. The Labute approximate surface area is 112 Å². The molecule has 0 aliphatic rings. The fourth-order valence-electron chi connectivity index (χ4n) is 1.33. The van der Waals surface area contributed by atoms with E-state index in [1.807, 2.05) is 0 Å². The fourth-order valence-corrected chi connectivity index (χ4v) is 1.33. The van der Waals surface area contributed by atoms with Gasteiger partial charge in [0.15, 0.2) is 0 Å². The van der Waals surface area contributed by atoms with Crippen molar-refractivity contribution in [3.8, 4) is 0 Å². The van der Waals surface area contributed by atoms with Crippen LogP contribution in [0.25, 0.3) is 0 Å². The molecule has 0 fully saturated rings. The lowest BCUT2D eigenvalue weighted by atomic mass is 10.1. The van der Waals surface area contributed by atoms with E-state index in [-0.39, 0.29) is 12.6 Å². The summed E-state index contributed by atoms with van der Waals surface area (Å²) in [5.74, 6) is -15.8. The van der Waals surface area contributed by atoms with E-state index in [1.165, 1.54) is 6.92 Å². The topological polar surface area (TPSA) is 63.1 Å². The molecule has 21 heavy (non-hydrogen) atoms. The smallest absolute Gasteiger partial charge is 0.460 e. The van der Waals surface area contributed by atoms with Gasteiger partial charge in [-0.05, 0) is 6.42 Å². The van der Waals surface area contributed by atoms with Crippen LogP contribution >= 0.6 is 0 Å². The highest BCUT2D eigenvalue weighted by atomic mass is 19.4. The summed E-state index contributed by atoms with van der Waals surface area (Å²) in [4.78, 5) is 16.2. The Morgan fingerprint density at radius 1 is 1.19 bits per heavy atom. The molecule has 11 heteroatoms. The minimum atomic E-state index is -6.52.